The first-order chi connectivity index (χ1) is 8.74. The molecule has 0 fully saturated rings. The zero-order chi connectivity index (χ0) is 13.6. The lowest BCUT2D eigenvalue weighted by molar-refractivity contribution is -0.143. The van der Waals surface area contributed by atoms with Gasteiger partial charge in [-0.15, -0.1) is 12.3 Å². The molecule has 4 heteroatoms. The Morgan fingerprint density at radius 2 is 2.11 bits per heavy atom. The van der Waals surface area contributed by atoms with Crippen LogP contribution in [-0.4, -0.2) is 48.8 Å². The van der Waals surface area contributed by atoms with Crippen LogP contribution in [0, 0.1) is 12.3 Å². The molecule has 0 rings (SSSR count). The summed E-state index contributed by atoms with van der Waals surface area (Å²) in [7, 11) is 0. The number of aliphatic hydroxyl groups is 1. The molecule has 0 atom stereocenters. The van der Waals surface area contributed by atoms with Gasteiger partial charge in [-0.25, -0.2) is 0 Å². The Balaban J connectivity index is 3.73. The number of aliphatic hydroxyl groups excluding tert-OH is 1. The Labute approximate surface area is 110 Å². The van der Waals surface area contributed by atoms with Crippen molar-refractivity contribution in [3.63, 3.8) is 0 Å². The number of ether oxygens (including phenoxy) is 1. The fourth-order valence-electron chi connectivity index (χ4n) is 1.64. The van der Waals surface area contributed by atoms with Crippen LogP contribution in [0.4, 0.5) is 0 Å². The Bertz CT molecular complexity index is 248. The second-order valence-electron chi connectivity index (χ2n) is 4.20. The standard InChI is InChI=1S/C14H25NO3/c1-3-5-13-18-14(17)8-11-15(9-4-2)10-6-7-12-16/h1,16H,4-13H2,2H3. The van der Waals surface area contributed by atoms with Gasteiger partial charge in [0, 0.05) is 19.6 Å². The van der Waals surface area contributed by atoms with Crippen molar-refractivity contribution in [2.75, 3.05) is 32.8 Å². The van der Waals surface area contributed by atoms with Crippen LogP contribution in [0.5, 0.6) is 0 Å². The number of carbonyl (C=O) groups excluding carboxylic acids is 1. The summed E-state index contributed by atoms with van der Waals surface area (Å²) in [4.78, 5) is 13.6. The molecule has 0 amide bonds. The topological polar surface area (TPSA) is 49.8 Å². The highest BCUT2D eigenvalue weighted by molar-refractivity contribution is 5.69. The molecule has 0 aliphatic carbocycles. The number of terminal acetylenes is 1. The minimum Gasteiger partial charge on any atom is -0.465 e. The minimum atomic E-state index is -0.187. The number of carbonyl (C=O) groups is 1. The molecule has 0 aliphatic heterocycles. The van der Waals surface area contributed by atoms with Crippen LogP contribution < -0.4 is 0 Å². The van der Waals surface area contributed by atoms with E-state index in [2.05, 4.69) is 17.7 Å². The van der Waals surface area contributed by atoms with E-state index in [9.17, 15) is 4.79 Å². The predicted octanol–water partition coefficient (Wildman–Crippen LogP) is 1.43. The summed E-state index contributed by atoms with van der Waals surface area (Å²) in [5, 5.41) is 8.74. The fourth-order valence-corrected chi connectivity index (χ4v) is 1.64. The van der Waals surface area contributed by atoms with E-state index in [1.54, 1.807) is 0 Å². The van der Waals surface area contributed by atoms with Gasteiger partial charge in [-0.05, 0) is 32.4 Å². The summed E-state index contributed by atoms with van der Waals surface area (Å²) in [6.45, 7) is 5.27. The third kappa shape index (κ3) is 10.1. The van der Waals surface area contributed by atoms with Gasteiger partial charge in [-0.1, -0.05) is 6.92 Å². The molecule has 0 saturated heterocycles. The second kappa shape index (κ2) is 12.4. The van der Waals surface area contributed by atoms with E-state index in [0.717, 1.165) is 32.4 Å². The van der Waals surface area contributed by atoms with Crippen molar-refractivity contribution in [1.29, 1.82) is 0 Å². The molecular formula is C14H25NO3. The highest BCUT2D eigenvalue weighted by Crippen LogP contribution is 2.00. The zero-order valence-corrected chi connectivity index (χ0v) is 11.4. The first-order valence-corrected chi connectivity index (χ1v) is 6.66. The zero-order valence-electron chi connectivity index (χ0n) is 11.4. The Kier molecular flexibility index (Phi) is 11.7. The second-order valence-corrected chi connectivity index (χ2v) is 4.20. The smallest absolute Gasteiger partial charge is 0.307 e. The van der Waals surface area contributed by atoms with Crippen molar-refractivity contribution < 1.29 is 14.6 Å². The van der Waals surface area contributed by atoms with Gasteiger partial charge in [0.25, 0.3) is 0 Å². The predicted molar refractivity (Wildman–Crippen MR) is 72.1 cm³/mol. The van der Waals surface area contributed by atoms with Crippen molar-refractivity contribution >= 4 is 5.97 Å². The molecule has 104 valence electrons. The van der Waals surface area contributed by atoms with E-state index in [-0.39, 0.29) is 12.6 Å². The molecule has 0 bridgehead atoms. The molecule has 0 spiro atoms. The largest absolute Gasteiger partial charge is 0.465 e. The third-order valence-electron chi connectivity index (χ3n) is 2.56. The molecule has 0 aromatic carbocycles. The van der Waals surface area contributed by atoms with Crippen LogP contribution in [0.2, 0.25) is 0 Å². The van der Waals surface area contributed by atoms with E-state index in [4.69, 9.17) is 16.3 Å². The number of nitrogens with zero attached hydrogens (tertiary/aromatic N) is 1. The van der Waals surface area contributed by atoms with Gasteiger partial charge in [0.1, 0.15) is 6.61 Å². The van der Waals surface area contributed by atoms with E-state index in [0.29, 0.717) is 26.0 Å². The Morgan fingerprint density at radius 3 is 2.72 bits per heavy atom. The summed E-state index contributed by atoms with van der Waals surface area (Å²) in [6.07, 6.45) is 8.79. The van der Waals surface area contributed by atoms with Gasteiger partial charge in [0.2, 0.25) is 0 Å². The molecule has 0 unspecified atom stereocenters. The highest BCUT2D eigenvalue weighted by Gasteiger charge is 2.08. The minimum absolute atomic E-state index is 0.187. The van der Waals surface area contributed by atoms with Crippen LogP contribution in [0.15, 0.2) is 0 Å². The first kappa shape index (κ1) is 16.9. The maximum absolute atomic E-state index is 11.4. The summed E-state index contributed by atoms with van der Waals surface area (Å²) >= 11 is 0. The SMILES string of the molecule is C#CCCOC(=O)CCN(CCC)CCCCO. The van der Waals surface area contributed by atoms with Crippen molar-refractivity contribution in [2.24, 2.45) is 0 Å². The number of rotatable bonds is 11. The molecule has 0 radical (unpaired) electrons. The van der Waals surface area contributed by atoms with Gasteiger partial charge in [-0.3, -0.25) is 4.79 Å². The van der Waals surface area contributed by atoms with Crippen LogP contribution in [0.3, 0.4) is 0 Å². The molecule has 0 saturated carbocycles. The Morgan fingerprint density at radius 1 is 1.33 bits per heavy atom. The van der Waals surface area contributed by atoms with Crippen LogP contribution in [-0.2, 0) is 9.53 Å². The van der Waals surface area contributed by atoms with Gasteiger partial charge in [-0.2, -0.15) is 0 Å². The lowest BCUT2D eigenvalue weighted by Crippen LogP contribution is -2.29. The molecule has 18 heavy (non-hydrogen) atoms. The van der Waals surface area contributed by atoms with Crippen molar-refractivity contribution in [3.05, 3.63) is 0 Å². The molecular weight excluding hydrogens is 230 g/mol. The quantitative estimate of drug-likeness (QED) is 0.345. The normalized spacial score (nSPS) is 10.3. The average Bonchev–Trinajstić information content (AvgIpc) is 2.36. The van der Waals surface area contributed by atoms with Crippen molar-refractivity contribution in [3.8, 4) is 12.3 Å². The third-order valence-corrected chi connectivity index (χ3v) is 2.56. The first-order valence-electron chi connectivity index (χ1n) is 6.66. The number of unbranched alkanes of at least 4 members (excludes halogenated alkanes) is 1. The van der Waals surface area contributed by atoms with E-state index < -0.39 is 0 Å². The molecule has 1 N–H and O–H groups in total. The Hall–Kier alpha value is -1.05. The van der Waals surface area contributed by atoms with Crippen molar-refractivity contribution in [1.82, 2.24) is 4.90 Å². The maximum atomic E-state index is 11.4. The lowest BCUT2D eigenvalue weighted by Gasteiger charge is -2.20. The molecule has 0 aromatic heterocycles. The van der Waals surface area contributed by atoms with Crippen molar-refractivity contribution in [2.45, 2.75) is 39.0 Å². The van der Waals surface area contributed by atoms with Gasteiger partial charge in [0.05, 0.1) is 6.42 Å². The number of hydrogen-bond acceptors (Lipinski definition) is 4. The van der Waals surface area contributed by atoms with Gasteiger partial charge in [0.15, 0.2) is 0 Å². The molecule has 0 aliphatic rings. The van der Waals surface area contributed by atoms with Crippen LogP contribution in [0.1, 0.15) is 39.0 Å². The highest BCUT2D eigenvalue weighted by atomic mass is 16.5. The van der Waals surface area contributed by atoms with E-state index in [1.165, 1.54) is 0 Å². The average molecular weight is 255 g/mol. The van der Waals surface area contributed by atoms with E-state index >= 15 is 0 Å². The summed E-state index contributed by atoms with van der Waals surface area (Å²) < 4.78 is 4.99. The molecule has 4 nitrogen and oxygen atoms in total. The van der Waals surface area contributed by atoms with Crippen LogP contribution in [0.25, 0.3) is 0 Å². The van der Waals surface area contributed by atoms with Crippen LogP contribution >= 0.6 is 0 Å². The number of hydrogen-bond donors (Lipinski definition) is 1. The summed E-state index contributed by atoms with van der Waals surface area (Å²) in [5.74, 6) is 2.24. The summed E-state index contributed by atoms with van der Waals surface area (Å²) in [6, 6.07) is 0. The van der Waals surface area contributed by atoms with E-state index in [1.807, 2.05) is 0 Å². The molecule has 0 heterocycles. The van der Waals surface area contributed by atoms with Gasteiger partial charge < -0.3 is 14.7 Å². The fraction of sp³-hybridized carbons (Fsp3) is 0.786. The maximum Gasteiger partial charge on any atom is 0.307 e. The lowest BCUT2D eigenvalue weighted by atomic mass is 10.2. The summed E-state index contributed by atoms with van der Waals surface area (Å²) in [5.41, 5.74) is 0. The number of esters is 1. The monoisotopic (exact) mass is 255 g/mol. The van der Waals surface area contributed by atoms with Gasteiger partial charge >= 0.3 is 5.97 Å². The molecule has 0 aromatic rings.